The van der Waals surface area contributed by atoms with Gasteiger partial charge in [0, 0.05) is 41.7 Å². The van der Waals surface area contributed by atoms with Crippen molar-refractivity contribution in [2.75, 3.05) is 34.8 Å². The number of hydrogen-bond acceptors (Lipinski definition) is 4. The third-order valence-electron chi connectivity index (χ3n) is 5.82. The molecule has 0 radical (unpaired) electrons. The Kier molecular flexibility index (Phi) is 6.07. The van der Waals surface area contributed by atoms with Crippen molar-refractivity contribution in [1.82, 2.24) is 5.32 Å². The Hall–Kier alpha value is -2.77. The molecule has 0 spiro atoms. The Balaban J connectivity index is 1.38. The van der Waals surface area contributed by atoms with Crippen molar-refractivity contribution in [1.29, 1.82) is 0 Å². The zero-order chi connectivity index (χ0) is 22.0. The second kappa shape index (κ2) is 8.77. The van der Waals surface area contributed by atoms with Crippen molar-refractivity contribution >= 4 is 40.6 Å². The Labute approximate surface area is 187 Å². The minimum atomic E-state index is -0.660. The van der Waals surface area contributed by atoms with Gasteiger partial charge in [0.2, 0.25) is 5.91 Å². The van der Waals surface area contributed by atoms with Gasteiger partial charge in [-0.1, -0.05) is 11.6 Å². The number of carbonyl (C=O) groups excluding carboxylic acids is 2. The summed E-state index contributed by atoms with van der Waals surface area (Å²) in [6, 6.07) is 13.6. The monoisotopic (exact) mass is 442 g/mol. The summed E-state index contributed by atoms with van der Waals surface area (Å²) in [7, 11) is 0. The van der Waals surface area contributed by atoms with E-state index in [2.05, 4.69) is 15.5 Å². The number of halogens is 1. The number of amides is 3. The normalized spacial score (nSPS) is 23.7. The van der Waals surface area contributed by atoms with Crippen LogP contribution in [0.2, 0.25) is 5.02 Å². The van der Waals surface area contributed by atoms with E-state index in [1.54, 1.807) is 29.2 Å². The van der Waals surface area contributed by atoms with Gasteiger partial charge in [0.1, 0.15) is 6.04 Å². The summed E-state index contributed by atoms with van der Waals surface area (Å²) in [6.45, 7) is 3.88. The van der Waals surface area contributed by atoms with E-state index >= 15 is 0 Å². The van der Waals surface area contributed by atoms with E-state index in [9.17, 15) is 14.7 Å². The van der Waals surface area contributed by atoms with Crippen molar-refractivity contribution in [3.63, 3.8) is 0 Å². The van der Waals surface area contributed by atoms with Crippen LogP contribution >= 0.6 is 11.6 Å². The lowest BCUT2D eigenvalue weighted by Gasteiger charge is -2.33. The summed E-state index contributed by atoms with van der Waals surface area (Å²) in [5.41, 5.74) is 1.79. The van der Waals surface area contributed by atoms with Crippen molar-refractivity contribution < 1.29 is 14.7 Å². The Morgan fingerprint density at radius 3 is 2.42 bits per heavy atom. The van der Waals surface area contributed by atoms with Gasteiger partial charge in [-0.3, -0.25) is 4.79 Å². The van der Waals surface area contributed by atoms with Crippen LogP contribution in [0.5, 0.6) is 0 Å². The quantitative estimate of drug-likeness (QED) is 0.675. The number of piperidine rings is 1. The Bertz CT molecular complexity index is 946. The molecular formula is C23H27ClN4O3. The number of urea groups is 1. The first-order valence-electron chi connectivity index (χ1n) is 10.5. The molecular weight excluding hydrogens is 416 g/mol. The largest absolute Gasteiger partial charge is 0.388 e. The molecule has 3 amide bonds. The number of nitrogens with zero attached hydrogens (tertiary/aromatic N) is 2. The van der Waals surface area contributed by atoms with Crippen LogP contribution < -0.4 is 20.4 Å². The van der Waals surface area contributed by atoms with Crippen molar-refractivity contribution in [3.8, 4) is 0 Å². The third-order valence-corrected chi connectivity index (χ3v) is 6.08. The molecule has 1 unspecified atom stereocenters. The van der Waals surface area contributed by atoms with Gasteiger partial charge in [-0.05, 0) is 74.7 Å². The number of rotatable bonds is 4. The first-order chi connectivity index (χ1) is 14.8. The van der Waals surface area contributed by atoms with E-state index in [0.717, 1.165) is 30.8 Å². The molecule has 2 aliphatic rings. The van der Waals surface area contributed by atoms with Crippen LogP contribution in [-0.2, 0) is 4.79 Å². The first-order valence-corrected chi connectivity index (χ1v) is 10.9. The van der Waals surface area contributed by atoms with Gasteiger partial charge in [0.25, 0.3) is 0 Å². The molecule has 2 fully saturated rings. The molecule has 0 bridgehead atoms. The van der Waals surface area contributed by atoms with Crippen LogP contribution in [0, 0.1) is 0 Å². The van der Waals surface area contributed by atoms with E-state index < -0.39 is 17.7 Å². The zero-order valence-corrected chi connectivity index (χ0v) is 18.2. The smallest absolute Gasteiger partial charge is 0.319 e. The van der Waals surface area contributed by atoms with Gasteiger partial charge in [0.15, 0.2) is 0 Å². The zero-order valence-electron chi connectivity index (χ0n) is 17.5. The minimum absolute atomic E-state index is 0.116. The molecule has 0 aliphatic carbocycles. The van der Waals surface area contributed by atoms with E-state index in [4.69, 9.17) is 11.6 Å². The highest BCUT2D eigenvalue weighted by atomic mass is 35.5. The minimum Gasteiger partial charge on any atom is -0.388 e. The van der Waals surface area contributed by atoms with Gasteiger partial charge >= 0.3 is 6.03 Å². The van der Waals surface area contributed by atoms with Crippen LogP contribution in [-0.4, -0.2) is 48.3 Å². The van der Waals surface area contributed by atoms with Crippen molar-refractivity contribution in [2.45, 2.75) is 37.8 Å². The number of carbonyl (C=O) groups is 2. The molecule has 164 valence electrons. The molecule has 2 aromatic carbocycles. The van der Waals surface area contributed by atoms with Crippen LogP contribution in [0.25, 0.3) is 0 Å². The second-order valence-corrected chi connectivity index (χ2v) is 8.91. The van der Waals surface area contributed by atoms with E-state index in [-0.39, 0.29) is 5.91 Å². The first kappa shape index (κ1) is 21.5. The third kappa shape index (κ3) is 5.11. The number of nitrogens with one attached hydrogen (secondary N) is 2. The van der Waals surface area contributed by atoms with Crippen molar-refractivity contribution in [3.05, 3.63) is 53.6 Å². The predicted molar refractivity (Wildman–Crippen MR) is 123 cm³/mol. The molecule has 3 N–H and O–H groups in total. The maximum absolute atomic E-state index is 13.0. The van der Waals surface area contributed by atoms with E-state index in [0.29, 0.717) is 30.2 Å². The highest BCUT2D eigenvalue weighted by Gasteiger charge is 2.33. The molecule has 2 heterocycles. The summed E-state index contributed by atoms with van der Waals surface area (Å²) in [5, 5.41) is 16.3. The van der Waals surface area contributed by atoms with Gasteiger partial charge in [0.05, 0.1) is 5.60 Å². The molecule has 0 aromatic heterocycles. The highest BCUT2D eigenvalue weighted by molar-refractivity contribution is 6.30. The average Bonchev–Trinajstić information content (AvgIpc) is 3.11. The molecule has 2 saturated heterocycles. The van der Waals surface area contributed by atoms with Crippen LogP contribution in [0.15, 0.2) is 48.5 Å². The lowest BCUT2D eigenvalue weighted by molar-refractivity contribution is -0.121. The molecule has 2 atom stereocenters. The fraction of sp³-hybridized carbons (Fsp3) is 0.391. The number of β-amino-alcohol motifs (C(OH)–C–C–N with tert-alkyl or cyclic N) is 1. The molecule has 2 aliphatic heterocycles. The summed E-state index contributed by atoms with van der Waals surface area (Å²) < 4.78 is 0. The molecule has 7 nitrogen and oxygen atoms in total. The second-order valence-electron chi connectivity index (χ2n) is 8.47. The SMILES string of the molecule is CC1(O)CCN(c2ccc(N3CCC[C@@H](NC(=O)Nc4ccc(Cl)cc4)C3=O)cc2)C1. The van der Waals surface area contributed by atoms with Gasteiger partial charge < -0.3 is 25.5 Å². The molecule has 0 saturated carbocycles. The summed E-state index contributed by atoms with van der Waals surface area (Å²) >= 11 is 5.86. The van der Waals surface area contributed by atoms with E-state index in [1.165, 1.54) is 0 Å². The van der Waals surface area contributed by atoms with Crippen LogP contribution in [0.1, 0.15) is 26.2 Å². The lowest BCUT2D eigenvalue weighted by atomic mass is 10.0. The Morgan fingerprint density at radius 2 is 1.77 bits per heavy atom. The molecule has 2 aromatic rings. The summed E-state index contributed by atoms with van der Waals surface area (Å²) in [4.78, 5) is 29.2. The van der Waals surface area contributed by atoms with E-state index in [1.807, 2.05) is 31.2 Å². The number of aliphatic hydroxyl groups is 1. The van der Waals surface area contributed by atoms with Crippen LogP contribution in [0.4, 0.5) is 21.9 Å². The maximum atomic E-state index is 13.0. The molecule has 4 rings (SSSR count). The fourth-order valence-electron chi connectivity index (χ4n) is 4.13. The highest BCUT2D eigenvalue weighted by Crippen LogP contribution is 2.29. The van der Waals surface area contributed by atoms with Gasteiger partial charge in [-0.15, -0.1) is 0 Å². The number of benzene rings is 2. The Morgan fingerprint density at radius 1 is 1.10 bits per heavy atom. The lowest BCUT2D eigenvalue weighted by Crippen LogP contribution is -2.53. The molecule has 8 heteroatoms. The van der Waals surface area contributed by atoms with Crippen LogP contribution in [0.3, 0.4) is 0 Å². The summed E-state index contributed by atoms with van der Waals surface area (Å²) in [6.07, 6.45) is 2.14. The van der Waals surface area contributed by atoms with Gasteiger partial charge in [-0.25, -0.2) is 4.79 Å². The fourth-order valence-corrected chi connectivity index (χ4v) is 4.26. The average molecular weight is 443 g/mol. The number of anilines is 3. The predicted octanol–water partition coefficient (Wildman–Crippen LogP) is 3.62. The number of hydrogen-bond donors (Lipinski definition) is 3. The standard InChI is InChI=1S/C23H27ClN4O3/c1-23(31)12-14-27(15-23)18-8-10-19(11-9-18)28-13-2-3-20(21(28)29)26-22(30)25-17-6-4-16(24)5-7-17/h4-11,20,31H,2-3,12-15H2,1H3,(H2,25,26,30)/t20-,23?/m1/s1. The summed E-state index contributed by atoms with van der Waals surface area (Å²) in [5.74, 6) is -0.116. The maximum Gasteiger partial charge on any atom is 0.319 e. The van der Waals surface area contributed by atoms with Crippen molar-refractivity contribution in [2.24, 2.45) is 0 Å². The van der Waals surface area contributed by atoms with Gasteiger partial charge in [-0.2, -0.15) is 0 Å². The molecule has 31 heavy (non-hydrogen) atoms. The topological polar surface area (TPSA) is 84.9 Å².